The molecule has 1 aliphatic rings. The molecule has 0 amide bonds. The predicted octanol–water partition coefficient (Wildman–Crippen LogP) is 0.0402. The lowest BCUT2D eigenvalue weighted by molar-refractivity contribution is 0.226. The number of piperidine rings is 1. The van der Waals surface area contributed by atoms with Crippen LogP contribution in [0.25, 0.3) is 5.65 Å². The monoisotopic (exact) mass is 234 g/mol. The first-order chi connectivity index (χ1) is 8.43. The molecule has 0 saturated carbocycles. The predicted molar refractivity (Wildman–Crippen MR) is 59.7 cm³/mol. The van der Waals surface area contributed by atoms with Gasteiger partial charge in [-0.05, 0) is 29.8 Å². The van der Waals surface area contributed by atoms with E-state index >= 15 is 0 Å². The van der Waals surface area contributed by atoms with Gasteiger partial charge in [-0.2, -0.15) is 4.52 Å². The summed E-state index contributed by atoms with van der Waals surface area (Å²) in [5.41, 5.74) is 0.596. The molecule has 1 aliphatic heterocycles. The van der Waals surface area contributed by atoms with Gasteiger partial charge in [0.05, 0.1) is 12.4 Å². The van der Waals surface area contributed by atoms with E-state index in [1.54, 1.807) is 16.9 Å². The van der Waals surface area contributed by atoms with Crippen LogP contribution in [0.1, 0.15) is 19.3 Å². The van der Waals surface area contributed by atoms with Gasteiger partial charge in [0.1, 0.15) is 6.61 Å². The van der Waals surface area contributed by atoms with Crippen LogP contribution < -0.4 is 10.1 Å². The Morgan fingerprint density at radius 3 is 3.29 bits per heavy atom. The minimum atomic E-state index is 0.412. The quantitative estimate of drug-likeness (QED) is 0.808. The Hall–Kier alpha value is -1.76. The van der Waals surface area contributed by atoms with Gasteiger partial charge in [-0.25, -0.2) is 0 Å². The molecule has 2 aromatic rings. The zero-order chi connectivity index (χ0) is 11.5. The molecule has 0 spiro atoms. The van der Waals surface area contributed by atoms with Crippen LogP contribution in [0.3, 0.4) is 0 Å². The molecule has 1 fully saturated rings. The molecule has 3 rings (SSSR count). The molecular formula is C10H14N6O. The number of hydrogen-bond donors (Lipinski definition) is 1. The van der Waals surface area contributed by atoms with Crippen LogP contribution in [0.2, 0.25) is 0 Å². The van der Waals surface area contributed by atoms with E-state index in [4.69, 9.17) is 4.74 Å². The Labute approximate surface area is 98.2 Å². The Morgan fingerprint density at radius 2 is 2.41 bits per heavy atom. The van der Waals surface area contributed by atoms with Crippen molar-refractivity contribution in [1.82, 2.24) is 30.3 Å². The highest BCUT2D eigenvalue weighted by molar-refractivity contribution is 5.34. The lowest BCUT2D eigenvalue weighted by Crippen LogP contribution is -2.38. The van der Waals surface area contributed by atoms with Gasteiger partial charge in [0.15, 0.2) is 0 Å². The molecule has 1 N–H and O–H groups in total. The van der Waals surface area contributed by atoms with Crippen molar-refractivity contribution in [2.45, 2.75) is 25.3 Å². The van der Waals surface area contributed by atoms with Crippen LogP contribution in [0.15, 0.2) is 12.4 Å². The molecule has 1 atom stereocenters. The third-order valence-corrected chi connectivity index (χ3v) is 2.92. The van der Waals surface area contributed by atoms with Crippen LogP contribution in [0.5, 0.6) is 5.88 Å². The number of tetrazole rings is 1. The first-order valence-corrected chi connectivity index (χ1v) is 5.82. The zero-order valence-electron chi connectivity index (χ0n) is 9.41. The molecule has 0 aromatic carbocycles. The van der Waals surface area contributed by atoms with Gasteiger partial charge in [0.2, 0.25) is 11.5 Å². The van der Waals surface area contributed by atoms with Gasteiger partial charge < -0.3 is 10.1 Å². The lowest BCUT2D eigenvalue weighted by Gasteiger charge is -2.23. The number of fused-ring (bicyclic) bond motifs is 1. The zero-order valence-corrected chi connectivity index (χ0v) is 9.41. The van der Waals surface area contributed by atoms with Gasteiger partial charge in [-0.1, -0.05) is 6.42 Å². The molecule has 3 heterocycles. The Bertz CT molecular complexity index is 492. The molecule has 1 unspecified atom stereocenters. The minimum Gasteiger partial charge on any atom is -0.475 e. The largest absolute Gasteiger partial charge is 0.475 e. The van der Waals surface area contributed by atoms with E-state index in [-0.39, 0.29) is 0 Å². The molecule has 0 bridgehead atoms. The average Bonchev–Trinajstić information content (AvgIpc) is 2.86. The second kappa shape index (κ2) is 4.62. The van der Waals surface area contributed by atoms with Crippen LogP contribution in [0.4, 0.5) is 0 Å². The molecule has 0 radical (unpaired) electrons. The summed E-state index contributed by atoms with van der Waals surface area (Å²) in [5, 5.41) is 14.7. The third kappa shape index (κ3) is 2.19. The number of nitrogens with zero attached hydrogens (tertiary/aromatic N) is 5. The standard InChI is InChI=1S/C10H14N6O/c1-2-4-12-8(3-1)7-17-10-6-11-5-9-13-14-15-16(9)10/h5-6,8,12H,1-4,7H2. The van der Waals surface area contributed by atoms with Crippen molar-refractivity contribution in [3.05, 3.63) is 12.4 Å². The fourth-order valence-corrected chi connectivity index (χ4v) is 2.00. The van der Waals surface area contributed by atoms with Gasteiger partial charge in [0, 0.05) is 6.04 Å². The normalized spacial score (nSPS) is 20.6. The maximum Gasteiger partial charge on any atom is 0.237 e. The Kier molecular flexibility index (Phi) is 2.83. The van der Waals surface area contributed by atoms with E-state index in [1.807, 2.05) is 0 Å². The van der Waals surface area contributed by atoms with E-state index in [0.717, 1.165) is 13.0 Å². The molecule has 7 nitrogen and oxygen atoms in total. The van der Waals surface area contributed by atoms with E-state index in [1.165, 1.54) is 12.8 Å². The van der Waals surface area contributed by atoms with E-state index in [9.17, 15) is 0 Å². The summed E-state index contributed by atoms with van der Waals surface area (Å²) in [4.78, 5) is 4.04. The topological polar surface area (TPSA) is 77.2 Å². The van der Waals surface area contributed by atoms with E-state index in [2.05, 4.69) is 25.8 Å². The van der Waals surface area contributed by atoms with Crippen molar-refractivity contribution in [2.75, 3.05) is 13.2 Å². The van der Waals surface area contributed by atoms with E-state index in [0.29, 0.717) is 24.2 Å². The summed E-state index contributed by atoms with van der Waals surface area (Å²) in [7, 11) is 0. The van der Waals surface area contributed by atoms with Crippen LogP contribution in [0, 0.1) is 0 Å². The fraction of sp³-hybridized carbons (Fsp3) is 0.600. The summed E-state index contributed by atoms with van der Waals surface area (Å²) in [6.45, 7) is 1.70. The van der Waals surface area contributed by atoms with Crippen molar-refractivity contribution >= 4 is 5.65 Å². The highest BCUT2D eigenvalue weighted by Gasteiger charge is 2.14. The molecule has 90 valence electrons. The maximum atomic E-state index is 5.71. The summed E-state index contributed by atoms with van der Waals surface area (Å²) < 4.78 is 7.26. The fourth-order valence-electron chi connectivity index (χ4n) is 2.00. The second-order valence-electron chi connectivity index (χ2n) is 4.15. The first-order valence-electron chi connectivity index (χ1n) is 5.82. The SMILES string of the molecule is c1ncc2nnnn2c1OCC1CCCCN1. The van der Waals surface area contributed by atoms with Gasteiger partial charge >= 0.3 is 0 Å². The number of aromatic nitrogens is 5. The van der Waals surface area contributed by atoms with Crippen molar-refractivity contribution in [3.8, 4) is 5.88 Å². The summed E-state index contributed by atoms with van der Waals surface area (Å²) in [5.74, 6) is 0.583. The smallest absolute Gasteiger partial charge is 0.237 e. The molecule has 0 aliphatic carbocycles. The average molecular weight is 234 g/mol. The molecule has 17 heavy (non-hydrogen) atoms. The summed E-state index contributed by atoms with van der Waals surface area (Å²) >= 11 is 0. The van der Waals surface area contributed by atoms with Gasteiger partial charge in [0.25, 0.3) is 0 Å². The van der Waals surface area contributed by atoms with Crippen LogP contribution in [-0.4, -0.2) is 44.2 Å². The summed E-state index contributed by atoms with van der Waals surface area (Å²) in [6, 6.07) is 0.412. The molecular weight excluding hydrogens is 220 g/mol. The van der Waals surface area contributed by atoms with Crippen molar-refractivity contribution < 1.29 is 4.74 Å². The van der Waals surface area contributed by atoms with Crippen molar-refractivity contribution in [3.63, 3.8) is 0 Å². The molecule has 2 aromatic heterocycles. The Balaban J connectivity index is 1.69. The van der Waals surface area contributed by atoms with Crippen molar-refractivity contribution in [2.24, 2.45) is 0 Å². The third-order valence-electron chi connectivity index (χ3n) is 2.92. The molecule has 1 saturated heterocycles. The van der Waals surface area contributed by atoms with Gasteiger partial charge in [-0.3, -0.25) is 4.98 Å². The number of ether oxygens (including phenoxy) is 1. The van der Waals surface area contributed by atoms with Gasteiger partial charge in [-0.15, -0.1) is 5.10 Å². The summed E-state index contributed by atoms with van der Waals surface area (Å²) in [6.07, 6.45) is 6.89. The van der Waals surface area contributed by atoms with Crippen molar-refractivity contribution in [1.29, 1.82) is 0 Å². The minimum absolute atomic E-state index is 0.412. The number of hydrogen-bond acceptors (Lipinski definition) is 6. The van der Waals surface area contributed by atoms with Crippen LogP contribution in [-0.2, 0) is 0 Å². The molecule has 7 heteroatoms. The Morgan fingerprint density at radius 1 is 1.41 bits per heavy atom. The number of nitrogens with one attached hydrogen (secondary N) is 1. The highest BCUT2D eigenvalue weighted by Crippen LogP contribution is 2.12. The first kappa shape index (κ1) is 10.4. The van der Waals surface area contributed by atoms with E-state index < -0.39 is 0 Å². The lowest BCUT2D eigenvalue weighted by atomic mass is 10.1. The van der Waals surface area contributed by atoms with Crippen LogP contribution >= 0.6 is 0 Å². The maximum absolute atomic E-state index is 5.71. The number of rotatable bonds is 3. The highest BCUT2D eigenvalue weighted by atomic mass is 16.5. The second-order valence-corrected chi connectivity index (χ2v) is 4.15.